The molecule has 1 aliphatic carbocycles. The van der Waals surface area contributed by atoms with Gasteiger partial charge in [0.2, 0.25) is 0 Å². The maximum Gasteiger partial charge on any atom is 0.251 e. The molecule has 1 aliphatic rings. The Bertz CT molecular complexity index is 677. The van der Waals surface area contributed by atoms with Crippen molar-refractivity contribution < 1.29 is 0 Å². The van der Waals surface area contributed by atoms with Gasteiger partial charge in [0.05, 0.1) is 22.6 Å². The Kier molecular flexibility index (Phi) is 2.98. The van der Waals surface area contributed by atoms with Gasteiger partial charge in [-0.15, -0.1) is 0 Å². The third-order valence-corrected chi connectivity index (χ3v) is 3.38. The summed E-state index contributed by atoms with van der Waals surface area (Å²) >= 11 is 6.01. The zero-order valence-corrected chi connectivity index (χ0v) is 11.2. The van der Waals surface area contributed by atoms with E-state index in [0.29, 0.717) is 16.6 Å². The first-order valence-electron chi connectivity index (χ1n) is 6.10. The number of hydrogen-bond acceptors (Lipinski definition) is 3. The molecule has 0 saturated heterocycles. The van der Waals surface area contributed by atoms with Gasteiger partial charge >= 0.3 is 0 Å². The summed E-state index contributed by atoms with van der Waals surface area (Å²) < 4.78 is 1.67. The van der Waals surface area contributed by atoms with E-state index >= 15 is 0 Å². The first-order chi connectivity index (χ1) is 9.13. The quantitative estimate of drug-likeness (QED) is 0.935. The van der Waals surface area contributed by atoms with E-state index in [4.69, 9.17) is 11.6 Å². The molecule has 1 N–H and O–H groups in total. The summed E-state index contributed by atoms with van der Waals surface area (Å²) in [5, 5.41) is 4.62. The van der Waals surface area contributed by atoms with Crippen molar-refractivity contribution in [1.82, 2.24) is 19.7 Å². The fourth-order valence-corrected chi connectivity index (χ4v) is 2.13. The van der Waals surface area contributed by atoms with Gasteiger partial charge in [0.25, 0.3) is 5.56 Å². The van der Waals surface area contributed by atoms with Gasteiger partial charge < -0.3 is 4.98 Å². The monoisotopic (exact) mass is 276 g/mol. The average Bonchev–Trinajstić information content (AvgIpc) is 3.15. The third kappa shape index (κ3) is 2.61. The summed E-state index contributed by atoms with van der Waals surface area (Å²) in [6, 6.07) is 1.48. The number of halogens is 1. The Hall–Kier alpha value is -1.88. The molecule has 2 aromatic heterocycles. The standard InChI is InChI=1S/C13H13ClN4O/c1-18-11(10(14)7-15-18)5-4-9-6-12(19)17-13(16-9)8-2-3-8/h4-8H,2-3H2,1H3,(H,16,17,19). The molecule has 98 valence electrons. The Labute approximate surface area is 114 Å². The van der Waals surface area contributed by atoms with Gasteiger partial charge in [0.1, 0.15) is 5.82 Å². The van der Waals surface area contributed by atoms with Crippen LogP contribution in [-0.2, 0) is 7.05 Å². The second-order valence-electron chi connectivity index (χ2n) is 4.66. The minimum atomic E-state index is -0.118. The summed E-state index contributed by atoms with van der Waals surface area (Å²) in [5.74, 6) is 1.20. The molecule has 3 rings (SSSR count). The maximum atomic E-state index is 11.6. The Morgan fingerprint density at radius 2 is 2.26 bits per heavy atom. The molecule has 2 heterocycles. The van der Waals surface area contributed by atoms with E-state index in [-0.39, 0.29) is 5.56 Å². The number of aryl methyl sites for hydroxylation is 1. The molecule has 5 nitrogen and oxygen atoms in total. The lowest BCUT2D eigenvalue weighted by molar-refractivity contribution is 0.760. The van der Waals surface area contributed by atoms with Crippen LogP contribution in [-0.4, -0.2) is 19.7 Å². The predicted molar refractivity (Wildman–Crippen MR) is 74.0 cm³/mol. The van der Waals surface area contributed by atoms with Crippen molar-refractivity contribution in [2.75, 3.05) is 0 Å². The van der Waals surface area contributed by atoms with E-state index in [1.807, 2.05) is 13.1 Å². The second kappa shape index (κ2) is 4.66. The number of nitrogens with one attached hydrogen (secondary N) is 1. The van der Waals surface area contributed by atoms with E-state index < -0.39 is 0 Å². The number of aromatic nitrogens is 4. The highest BCUT2D eigenvalue weighted by molar-refractivity contribution is 6.31. The van der Waals surface area contributed by atoms with E-state index in [0.717, 1.165) is 24.4 Å². The molecule has 2 aromatic rings. The molecule has 0 unspecified atom stereocenters. The summed E-state index contributed by atoms with van der Waals surface area (Å²) in [4.78, 5) is 18.8. The van der Waals surface area contributed by atoms with E-state index in [1.54, 1.807) is 17.0 Å². The van der Waals surface area contributed by atoms with Gasteiger partial charge in [-0.2, -0.15) is 5.10 Å². The van der Waals surface area contributed by atoms with Crippen LogP contribution in [0.3, 0.4) is 0 Å². The van der Waals surface area contributed by atoms with E-state index in [1.165, 1.54) is 6.07 Å². The molecule has 0 spiro atoms. The van der Waals surface area contributed by atoms with Crippen molar-refractivity contribution in [2.24, 2.45) is 7.05 Å². The largest absolute Gasteiger partial charge is 0.310 e. The maximum absolute atomic E-state index is 11.6. The number of nitrogens with zero attached hydrogens (tertiary/aromatic N) is 3. The van der Waals surface area contributed by atoms with Gasteiger partial charge in [-0.1, -0.05) is 11.6 Å². The highest BCUT2D eigenvalue weighted by Gasteiger charge is 2.26. The van der Waals surface area contributed by atoms with Crippen LogP contribution in [0.4, 0.5) is 0 Å². The lowest BCUT2D eigenvalue weighted by Gasteiger charge is -1.99. The highest BCUT2D eigenvalue weighted by Crippen LogP contribution is 2.37. The van der Waals surface area contributed by atoms with Gasteiger partial charge in [-0.05, 0) is 25.0 Å². The van der Waals surface area contributed by atoms with Crippen LogP contribution in [0.15, 0.2) is 17.1 Å². The Balaban J connectivity index is 1.92. The first-order valence-corrected chi connectivity index (χ1v) is 6.48. The number of rotatable bonds is 3. The molecule has 0 aliphatic heterocycles. The van der Waals surface area contributed by atoms with Crippen molar-refractivity contribution >= 4 is 23.8 Å². The lowest BCUT2D eigenvalue weighted by Crippen LogP contribution is -2.10. The van der Waals surface area contributed by atoms with Gasteiger partial charge in [-0.25, -0.2) is 4.98 Å². The average molecular weight is 277 g/mol. The van der Waals surface area contributed by atoms with Crippen LogP contribution in [0.5, 0.6) is 0 Å². The molecule has 0 atom stereocenters. The van der Waals surface area contributed by atoms with Crippen molar-refractivity contribution in [3.63, 3.8) is 0 Å². The molecular formula is C13H13ClN4O. The molecule has 1 fully saturated rings. The second-order valence-corrected chi connectivity index (χ2v) is 5.07. The zero-order chi connectivity index (χ0) is 13.4. The van der Waals surface area contributed by atoms with Crippen LogP contribution < -0.4 is 5.56 Å². The summed E-state index contributed by atoms with van der Waals surface area (Å²) in [6.07, 6.45) is 7.38. The smallest absolute Gasteiger partial charge is 0.251 e. The van der Waals surface area contributed by atoms with Gasteiger partial charge in [0.15, 0.2) is 0 Å². The topological polar surface area (TPSA) is 63.6 Å². The third-order valence-electron chi connectivity index (χ3n) is 3.09. The van der Waals surface area contributed by atoms with Gasteiger partial charge in [-0.3, -0.25) is 9.48 Å². The Morgan fingerprint density at radius 3 is 2.89 bits per heavy atom. The first kappa shape index (κ1) is 12.2. The van der Waals surface area contributed by atoms with Crippen LogP contribution in [0.1, 0.15) is 36.0 Å². The van der Waals surface area contributed by atoms with Crippen molar-refractivity contribution in [3.8, 4) is 0 Å². The van der Waals surface area contributed by atoms with Crippen LogP contribution in [0.2, 0.25) is 5.02 Å². The molecule has 6 heteroatoms. The summed E-state index contributed by atoms with van der Waals surface area (Å²) in [5.41, 5.74) is 1.31. The van der Waals surface area contributed by atoms with Crippen LogP contribution >= 0.6 is 11.6 Å². The van der Waals surface area contributed by atoms with Crippen LogP contribution in [0.25, 0.3) is 12.2 Å². The number of aromatic amines is 1. The van der Waals surface area contributed by atoms with Gasteiger partial charge in [0, 0.05) is 19.0 Å². The van der Waals surface area contributed by atoms with Crippen LogP contribution in [0, 0.1) is 0 Å². The van der Waals surface area contributed by atoms with Crippen molar-refractivity contribution in [2.45, 2.75) is 18.8 Å². The molecule has 0 radical (unpaired) electrons. The molecule has 0 amide bonds. The zero-order valence-electron chi connectivity index (χ0n) is 10.4. The summed E-state index contributed by atoms with van der Waals surface area (Å²) in [6.45, 7) is 0. The fraction of sp³-hybridized carbons (Fsp3) is 0.308. The molecule has 1 saturated carbocycles. The lowest BCUT2D eigenvalue weighted by atomic mass is 10.3. The molecule has 19 heavy (non-hydrogen) atoms. The molecular weight excluding hydrogens is 264 g/mol. The highest BCUT2D eigenvalue weighted by atomic mass is 35.5. The number of hydrogen-bond donors (Lipinski definition) is 1. The van der Waals surface area contributed by atoms with Crippen molar-refractivity contribution in [3.05, 3.63) is 44.9 Å². The van der Waals surface area contributed by atoms with Crippen molar-refractivity contribution in [1.29, 1.82) is 0 Å². The minimum absolute atomic E-state index is 0.118. The molecule has 0 aromatic carbocycles. The van der Waals surface area contributed by atoms with E-state index in [2.05, 4.69) is 15.1 Å². The Morgan fingerprint density at radius 1 is 1.47 bits per heavy atom. The fourth-order valence-electron chi connectivity index (χ4n) is 1.90. The summed E-state index contributed by atoms with van der Waals surface area (Å²) in [7, 11) is 1.81. The predicted octanol–water partition coefficient (Wildman–Crippen LogP) is 2.20. The number of H-pyrrole nitrogens is 1. The van der Waals surface area contributed by atoms with E-state index in [9.17, 15) is 4.79 Å². The normalized spacial score (nSPS) is 15.3. The molecule has 0 bridgehead atoms. The minimum Gasteiger partial charge on any atom is -0.310 e. The SMILES string of the molecule is Cn1ncc(Cl)c1C=Cc1cc(=O)[nH]c(C2CC2)n1.